The molecular weight excluding hydrogens is 190 g/mol. The Hall–Kier alpha value is -0.770. The van der Waals surface area contributed by atoms with Gasteiger partial charge in [-0.1, -0.05) is 13.8 Å². The van der Waals surface area contributed by atoms with Gasteiger partial charge in [0.1, 0.15) is 0 Å². The Labute approximate surface area is 93.4 Å². The maximum atomic E-state index is 11.2. The molecule has 0 aliphatic carbocycles. The van der Waals surface area contributed by atoms with Gasteiger partial charge in [-0.2, -0.15) is 0 Å². The topological polar surface area (TPSA) is 44.4 Å². The first-order valence-corrected chi connectivity index (χ1v) is 5.86. The number of carbonyl (C=O) groups excluding carboxylic acids is 1. The molecule has 15 heavy (non-hydrogen) atoms. The summed E-state index contributed by atoms with van der Waals surface area (Å²) in [5.74, 6) is 0. The molecule has 0 aliphatic heterocycles. The number of hydrogen-bond donors (Lipinski definition) is 2. The Balaban J connectivity index is 3.54. The summed E-state index contributed by atoms with van der Waals surface area (Å²) in [6.07, 6.45) is 1.16. The Morgan fingerprint density at radius 3 is 2.40 bits per heavy atom. The molecular formula is C11H25N3O. The molecule has 4 heteroatoms. The molecule has 0 atom stereocenters. The molecule has 0 aromatic heterocycles. The third-order valence-electron chi connectivity index (χ3n) is 2.12. The maximum absolute atomic E-state index is 11.2. The quantitative estimate of drug-likeness (QED) is 0.674. The predicted molar refractivity (Wildman–Crippen MR) is 64.1 cm³/mol. The van der Waals surface area contributed by atoms with Gasteiger partial charge >= 0.3 is 6.03 Å². The van der Waals surface area contributed by atoms with E-state index in [1.54, 1.807) is 0 Å². The number of hydrogen-bond acceptors (Lipinski definition) is 2. The van der Waals surface area contributed by atoms with Crippen LogP contribution in [0.2, 0.25) is 0 Å². The molecule has 0 saturated carbocycles. The van der Waals surface area contributed by atoms with Crippen molar-refractivity contribution >= 4 is 6.03 Å². The Morgan fingerprint density at radius 2 is 1.93 bits per heavy atom. The molecule has 0 aliphatic rings. The normalized spacial score (nSPS) is 10.8. The van der Waals surface area contributed by atoms with Gasteiger partial charge in [-0.25, -0.2) is 4.79 Å². The molecule has 2 amide bonds. The highest BCUT2D eigenvalue weighted by Gasteiger charge is 2.03. The van der Waals surface area contributed by atoms with Gasteiger partial charge in [-0.15, -0.1) is 0 Å². The lowest BCUT2D eigenvalue weighted by molar-refractivity contribution is 0.234. The van der Waals surface area contributed by atoms with Crippen LogP contribution in [-0.2, 0) is 0 Å². The van der Waals surface area contributed by atoms with Crippen molar-refractivity contribution in [2.45, 2.75) is 40.2 Å². The van der Waals surface area contributed by atoms with Gasteiger partial charge in [0.05, 0.1) is 0 Å². The second kappa shape index (κ2) is 8.53. The summed E-state index contributed by atoms with van der Waals surface area (Å²) in [6.45, 7) is 12.0. The van der Waals surface area contributed by atoms with Gasteiger partial charge in [0.25, 0.3) is 0 Å². The second-order valence-electron chi connectivity index (χ2n) is 3.99. The van der Waals surface area contributed by atoms with E-state index in [9.17, 15) is 4.79 Å². The molecule has 0 rings (SSSR count). The maximum Gasteiger partial charge on any atom is 0.315 e. The standard InChI is InChI=1S/C11H25N3O/c1-5-8-14(6-2)9-7-12-11(15)13-10(3)4/h10H,5-9H2,1-4H3,(H2,12,13,15). The van der Waals surface area contributed by atoms with E-state index in [0.717, 1.165) is 26.1 Å². The highest BCUT2D eigenvalue weighted by molar-refractivity contribution is 5.74. The zero-order chi connectivity index (χ0) is 11.7. The predicted octanol–water partition coefficient (Wildman–Crippen LogP) is 1.43. The first-order valence-electron chi connectivity index (χ1n) is 5.86. The molecule has 2 N–H and O–H groups in total. The third kappa shape index (κ3) is 8.24. The van der Waals surface area contributed by atoms with Gasteiger partial charge < -0.3 is 15.5 Å². The van der Waals surface area contributed by atoms with Gasteiger partial charge in [0, 0.05) is 19.1 Å². The summed E-state index contributed by atoms with van der Waals surface area (Å²) in [5, 5.41) is 5.64. The molecule has 0 aromatic carbocycles. The summed E-state index contributed by atoms with van der Waals surface area (Å²) in [7, 11) is 0. The molecule has 90 valence electrons. The fourth-order valence-corrected chi connectivity index (χ4v) is 1.39. The molecule has 0 spiro atoms. The fraction of sp³-hybridized carbons (Fsp3) is 0.909. The van der Waals surface area contributed by atoms with Gasteiger partial charge in [0.15, 0.2) is 0 Å². The van der Waals surface area contributed by atoms with E-state index >= 15 is 0 Å². The number of rotatable bonds is 7. The molecule has 0 fully saturated rings. The smallest absolute Gasteiger partial charge is 0.315 e. The Kier molecular flexibility index (Phi) is 8.09. The van der Waals surface area contributed by atoms with Gasteiger partial charge in [0.2, 0.25) is 0 Å². The number of amides is 2. The van der Waals surface area contributed by atoms with Crippen LogP contribution >= 0.6 is 0 Å². The van der Waals surface area contributed by atoms with Gasteiger partial charge in [-0.05, 0) is 33.4 Å². The zero-order valence-corrected chi connectivity index (χ0v) is 10.5. The van der Waals surface area contributed by atoms with Crippen LogP contribution in [0, 0.1) is 0 Å². The molecule has 4 nitrogen and oxygen atoms in total. The lowest BCUT2D eigenvalue weighted by Crippen LogP contribution is -2.42. The van der Waals surface area contributed by atoms with Crippen LogP contribution < -0.4 is 10.6 Å². The summed E-state index contributed by atoms with van der Waals surface area (Å²) < 4.78 is 0. The number of carbonyl (C=O) groups is 1. The van der Waals surface area contributed by atoms with Crippen LogP contribution in [0.5, 0.6) is 0 Å². The number of likely N-dealkylation sites (N-methyl/N-ethyl adjacent to an activating group) is 1. The van der Waals surface area contributed by atoms with Gasteiger partial charge in [-0.3, -0.25) is 0 Å². The molecule has 0 bridgehead atoms. The summed E-state index contributed by atoms with van der Waals surface area (Å²) in [4.78, 5) is 13.6. The minimum atomic E-state index is -0.0717. The van der Waals surface area contributed by atoms with E-state index in [4.69, 9.17) is 0 Å². The van der Waals surface area contributed by atoms with Crippen molar-refractivity contribution in [3.8, 4) is 0 Å². The van der Waals surface area contributed by atoms with Crippen LogP contribution in [0.1, 0.15) is 34.1 Å². The molecule has 0 heterocycles. The van der Waals surface area contributed by atoms with E-state index < -0.39 is 0 Å². The first-order chi connectivity index (χ1) is 7.10. The van der Waals surface area contributed by atoms with E-state index in [-0.39, 0.29) is 12.1 Å². The van der Waals surface area contributed by atoms with Crippen molar-refractivity contribution in [2.24, 2.45) is 0 Å². The lowest BCUT2D eigenvalue weighted by Gasteiger charge is -2.19. The highest BCUT2D eigenvalue weighted by Crippen LogP contribution is 1.88. The minimum absolute atomic E-state index is 0.0717. The van der Waals surface area contributed by atoms with Crippen LogP contribution in [0.25, 0.3) is 0 Å². The van der Waals surface area contributed by atoms with Crippen LogP contribution in [0.15, 0.2) is 0 Å². The lowest BCUT2D eigenvalue weighted by atomic mass is 10.4. The largest absolute Gasteiger partial charge is 0.337 e. The van der Waals surface area contributed by atoms with Crippen molar-refractivity contribution in [1.29, 1.82) is 0 Å². The van der Waals surface area contributed by atoms with E-state index in [1.165, 1.54) is 0 Å². The summed E-state index contributed by atoms with van der Waals surface area (Å²) in [6, 6.07) is 0.125. The average molecular weight is 215 g/mol. The van der Waals surface area contributed by atoms with E-state index in [1.807, 2.05) is 13.8 Å². The van der Waals surface area contributed by atoms with Crippen LogP contribution in [0.3, 0.4) is 0 Å². The summed E-state index contributed by atoms with van der Waals surface area (Å²) in [5.41, 5.74) is 0. The zero-order valence-electron chi connectivity index (χ0n) is 10.5. The first kappa shape index (κ1) is 14.2. The van der Waals surface area contributed by atoms with Crippen molar-refractivity contribution in [1.82, 2.24) is 15.5 Å². The number of nitrogens with zero attached hydrogens (tertiary/aromatic N) is 1. The highest BCUT2D eigenvalue weighted by atomic mass is 16.2. The van der Waals surface area contributed by atoms with Crippen molar-refractivity contribution in [3.63, 3.8) is 0 Å². The SMILES string of the molecule is CCCN(CC)CCNC(=O)NC(C)C. The third-order valence-corrected chi connectivity index (χ3v) is 2.12. The molecule has 0 aromatic rings. The average Bonchev–Trinajstić information content (AvgIpc) is 2.15. The number of nitrogens with one attached hydrogen (secondary N) is 2. The van der Waals surface area contributed by atoms with Crippen molar-refractivity contribution in [3.05, 3.63) is 0 Å². The van der Waals surface area contributed by atoms with Crippen LogP contribution in [-0.4, -0.2) is 43.2 Å². The van der Waals surface area contributed by atoms with Crippen LogP contribution in [0.4, 0.5) is 4.79 Å². The summed E-state index contributed by atoms with van der Waals surface area (Å²) >= 11 is 0. The molecule has 0 unspecified atom stereocenters. The molecule has 0 radical (unpaired) electrons. The second-order valence-corrected chi connectivity index (χ2v) is 3.99. The monoisotopic (exact) mass is 215 g/mol. The minimum Gasteiger partial charge on any atom is -0.337 e. The van der Waals surface area contributed by atoms with E-state index in [0.29, 0.717) is 6.54 Å². The fourth-order valence-electron chi connectivity index (χ4n) is 1.39. The van der Waals surface area contributed by atoms with E-state index in [2.05, 4.69) is 29.4 Å². The van der Waals surface area contributed by atoms with Crippen molar-refractivity contribution < 1.29 is 4.79 Å². The van der Waals surface area contributed by atoms with Crippen molar-refractivity contribution in [2.75, 3.05) is 26.2 Å². The molecule has 0 saturated heterocycles. The Bertz CT molecular complexity index is 171. The Morgan fingerprint density at radius 1 is 1.27 bits per heavy atom. The number of urea groups is 1.